The second-order valence-electron chi connectivity index (χ2n) is 4.11. The molecule has 2 atom stereocenters. The van der Waals surface area contributed by atoms with E-state index in [0.29, 0.717) is 10.8 Å². The lowest BCUT2D eigenvalue weighted by molar-refractivity contribution is -0.139. The Labute approximate surface area is 93.9 Å². The Kier molecular flexibility index (Phi) is 2.87. The van der Waals surface area contributed by atoms with E-state index in [0.717, 1.165) is 19.3 Å². The van der Waals surface area contributed by atoms with Crippen molar-refractivity contribution >= 4 is 23.6 Å². The number of thioether (sulfide) groups is 1. The molecule has 0 aromatic rings. The molecule has 1 heterocycles. The van der Waals surface area contributed by atoms with Crippen LogP contribution in [0.3, 0.4) is 0 Å². The molecule has 3 nitrogen and oxygen atoms in total. The zero-order valence-electron chi connectivity index (χ0n) is 9.03. The zero-order chi connectivity index (χ0) is 11.0. The predicted octanol–water partition coefficient (Wildman–Crippen LogP) is 1.59. The fraction of sp³-hybridized carbons (Fsp3) is 0.636. The first-order valence-electron chi connectivity index (χ1n) is 5.23. The van der Waals surface area contributed by atoms with Crippen molar-refractivity contribution in [2.75, 3.05) is 6.26 Å². The van der Waals surface area contributed by atoms with Crippen LogP contribution in [0.25, 0.3) is 0 Å². The van der Waals surface area contributed by atoms with Crippen LogP contribution < -0.4 is 0 Å². The van der Waals surface area contributed by atoms with E-state index in [1.807, 2.05) is 6.26 Å². The molecule has 2 aliphatic rings. The van der Waals surface area contributed by atoms with Gasteiger partial charge in [-0.15, -0.1) is 0 Å². The Balaban J connectivity index is 2.18. The van der Waals surface area contributed by atoms with Crippen molar-refractivity contribution < 1.29 is 9.59 Å². The van der Waals surface area contributed by atoms with Crippen LogP contribution in [-0.4, -0.2) is 34.3 Å². The largest absolute Gasteiger partial charge is 0.271 e. The molecule has 2 rings (SSSR count). The summed E-state index contributed by atoms with van der Waals surface area (Å²) in [5, 5.41) is 0.428. The van der Waals surface area contributed by atoms with Crippen LogP contribution >= 0.6 is 11.8 Å². The molecule has 0 aromatic heterocycles. The first kappa shape index (κ1) is 10.7. The molecule has 1 aliphatic carbocycles. The normalized spacial score (nSPS) is 31.3. The van der Waals surface area contributed by atoms with Crippen molar-refractivity contribution in [3.63, 3.8) is 0 Å². The summed E-state index contributed by atoms with van der Waals surface area (Å²) in [6.45, 7) is 1.71. The van der Waals surface area contributed by atoms with Crippen molar-refractivity contribution in [2.24, 2.45) is 0 Å². The summed E-state index contributed by atoms with van der Waals surface area (Å²) in [4.78, 5) is 24.9. The maximum Gasteiger partial charge on any atom is 0.256 e. The average Bonchev–Trinajstić information content (AvgIpc) is 2.73. The van der Waals surface area contributed by atoms with Gasteiger partial charge in [0.05, 0.1) is 6.04 Å². The van der Waals surface area contributed by atoms with Crippen molar-refractivity contribution in [1.82, 2.24) is 4.90 Å². The van der Waals surface area contributed by atoms with Crippen LogP contribution in [-0.2, 0) is 9.59 Å². The summed E-state index contributed by atoms with van der Waals surface area (Å²) in [7, 11) is 0. The number of imide groups is 1. The third-order valence-electron chi connectivity index (χ3n) is 3.19. The average molecular weight is 225 g/mol. The Morgan fingerprint density at radius 3 is 2.67 bits per heavy atom. The summed E-state index contributed by atoms with van der Waals surface area (Å²) in [5.74, 6) is -0.214. The van der Waals surface area contributed by atoms with Crippen LogP contribution in [0, 0.1) is 0 Å². The Bertz CT molecular complexity index is 337. The molecule has 1 saturated carbocycles. The van der Waals surface area contributed by atoms with E-state index < -0.39 is 0 Å². The van der Waals surface area contributed by atoms with Gasteiger partial charge in [-0.1, -0.05) is 6.42 Å². The lowest BCUT2D eigenvalue weighted by Crippen LogP contribution is -2.43. The topological polar surface area (TPSA) is 37.4 Å². The first-order chi connectivity index (χ1) is 7.15. The molecule has 82 valence electrons. The number of rotatable bonds is 2. The second-order valence-corrected chi connectivity index (χ2v) is 5.19. The quantitative estimate of drug-likeness (QED) is 0.670. The van der Waals surface area contributed by atoms with Gasteiger partial charge in [0, 0.05) is 16.9 Å². The van der Waals surface area contributed by atoms with Crippen LogP contribution in [0.1, 0.15) is 26.2 Å². The Morgan fingerprint density at radius 1 is 1.40 bits per heavy atom. The first-order valence-corrected chi connectivity index (χ1v) is 6.52. The maximum atomic E-state index is 11.8. The van der Waals surface area contributed by atoms with Crippen molar-refractivity contribution in [3.8, 4) is 0 Å². The van der Waals surface area contributed by atoms with Crippen LogP contribution in [0.2, 0.25) is 0 Å². The molecule has 1 aliphatic heterocycles. The van der Waals surface area contributed by atoms with Gasteiger partial charge >= 0.3 is 0 Å². The summed E-state index contributed by atoms with van der Waals surface area (Å²) in [6, 6.07) is 0.119. The van der Waals surface area contributed by atoms with Crippen LogP contribution in [0.15, 0.2) is 11.6 Å². The molecule has 0 radical (unpaired) electrons. The van der Waals surface area contributed by atoms with Gasteiger partial charge in [-0.05, 0) is 26.0 Å². The summed E-state index contributed by atoms with van der Waals surface area (Å²) >= 11 is 1.76. The molecule has 0 N–H and O–H groups in total. The molecule has 2 unspecified atom stereocenters. The minimum Gasteiger partial charge on any atom is -0.271 e. The number of amides is 2. The second kappa shape index (κ2) is 4.00. The van der Waals surface area contributed by atoms with Crippen molar-refractivity contribution in [1.29, 1.82) is 0 Å². The van der Waals surface area contributed by atoms with Gasteiger partial charge in [-0.3, -0.25) is 14.5 Å². The highest BCUT2D eigenvalue weighted by atomic mass is 32.2. The third-order valence-corrected chi connectivity index (χ3v) is 4.34. The van der Waals surface area contributed by atoms with Gasteiger partial charge in [0.1, 0.15) is 0 Å². The van der Waals surface area contributed by atoms with Gasteiger partial charge < -0.3 is 0 Å². The minimum absolute atomic E-state index is 0.0917. The van der Waals surface area contributed by atoms with Crippen LogP contribution in [0.5, 0.6) is 0 Å². The molecule has 0 spiro atoms. The van der Waals surface area contributed by atoms with Gasteiger partial charge in [-0.25, -0.2) is 0 Å². The minimum atomic E-state index is -0.122. The molecular weight excluding hydrogens is 210 g/mol. The molecule has 4 heteroatoms. The summed E-state index contributed by atoms with van der Waals surface area (Å²) < 4.78 is 0. The lowest BCUT2D eigenvalue weighted by Gasteiger charge is -2.27. The summed E-state index contributed by atoms with van der Waals surface area (Å²) in [5.41, 5.74) is 0.576. The number of carbonyl (C=O) groups excluding carboxylic acids is 2. The SMILES string of the molecule is CSC1CCCC1N1C(=O)C=C(C)C1=O. The number of hydrogen-bond acceptors (Lipinski definition) is 3. The molecule has 15 heavy (non-hydrogen) atoms. The van der Waals surface area contributed by atoms with E-state index in [1.54, 1.807) is 18.7 Å². The fourth-order valence-electron chi connectivity index (χ4n) is 2.40. The number of nitrogens with zero attached hydrogens (tertiary/aromatic N) is 1. The number of carbonyl (C=O) groups is 2. The fourth-order valence-corrected chi connectivity index (χ4v) is 3.37. The van der Waals surface area contributed by atoms with E-state index in [-0.39, 0.29) is 17.9 Å². The van der Waals surface area contributed by atoms with E-state index in [1.165, 1.54) is 11.0 Å². The molecule has 0 saturated heterocycles. The Morgan fingerprint density at radius 2 is 2.13 bits per heavy atom. The van der Waals surface area contributed by atoms with Crippen molar-refractivity contribution in [3.05, 3.63) is 11.6 Å². The standard InChI is InChI=1S/C11H15NO2S/c1-7-6-10(13)12(11(7)14)8-4-3-5-9(8)15-2/h6,8-9H,3-5H2,1-2H3. The van der Waals surface area contributed by atoms with Crippen molar-refractivity contribution in [2.45, 2.75) is 37.5 Å². The van der Waals surface area contributed by atoms with Gasteiger partial charge in [0.2, 0.25) is 0 Å². The van der Waals surface area contributed by atoms with E-state index in [4.69, 9.17) is 0 Å². The Hall–Kier alpha value is -0.770. The molecule has 2 amide bonds. The predicted molar refractivity (Wildman–Crippen MR) is 60.6 cm³/mol. The smallest absolute Gasteiger partial charge is 0.256 e. The number of hydrogen-bond donors (Lipinski definition) is 0. The van der Waals surface area contributed by atoms with Gasteiger partial charge in [0.15, 0.2) is 0 Å². The highest BCUT2D eigenvalue weighted by molar-refractivity contribution is 7.99. The van der Waals surface area contributed by atoms with E-state index in [2.05, 4.69) is 0 Å². The highest BCUT2D eigenvalue weighted by Gasteiger charge is 2.40. The third kappa shape index (κ3) is 1.71. The van der Waals surface area contributed by atoms with Gasteiger partial charge in [0.25, 0.3) is 11.8 Å². The molecular formula is C11H15NO2S. The van der Waals surface area contributed by atoms with E-state index >= 15 is 0 Å². The molecule has 1 fully saturated rings. The summed E-state index contributed by atoms with van der Waals surface area (Å²) in [6.07, 6.45) is 6.70. The monoisotopic (exact) mass is 225 g/mol. The van der Waals surface area contributed by atoms with Gasteiger partial charge in [-0.2, -0.15) is 11.8 Å². The maximum absolute atomic E-state index is 11.8. The highest BCUT2D eigenvalue weighted by Crippen LogP contribution is 2.34. The molecule has 0 aromatic carbocycles. The van der Waals surface area contributed by atoms with Crippen LogP contribution in [0.4, 0.5) is 0 Å². The zero-order valence-corrected chi connectivity index (χ0v) is 9.84. The lowest BCUT2D eigenvalue weighted by atomic mass is 10.2. The molecule has 0 bridgehead atoms. The van der Waals surface area contributed by atoms with E-state index in [9.17, 15) is 9.59 Å².